The van der Waals surface area contributed by atoms with E-state index in [2.05, 4.69) is 33.1 Å². The fraction of sp³-hybridized carbons (Fsp3) is 0.467. The van der Waals surface area contributed by atoms with E-state index in [0.717, 1.165) is 61.2 Å². The Morgan fingerprint density at radius 2 is 1.97 bits per heavy atom. The highest BCUT2D eigenvalue weighted by atomic mass is 16.3. The fourth-order valence-corrected chi connectivity index (χ4v) is 6.02. The van der Waals surface area contributed by atoms with Crippen molar-refractivity contribution in [2.75, 3.05) is 20.1 Å². The molecule has 9 heteroatoms. The summed E-state index contributed by atoms with van der Waals surface area (Å²) < 4.78 is 2.29. The molecule has 1 atom stereocenters. The average molecular weight is 530 g/mol. The van der Waals surface area contributed by atoms with Crippen molar-refractivity contribution in [3.63, 3.8) is 0 Å². The van der Waals surface area contributed by atoms with Crippen molar-refractivity contribution in [3.05, 3.63) is 53.2 Å². The minimum absolute atomic E-state index is 0.185. The van der Waals surface area contributed by atoms with Gasteiger partial charge in [0.15, 0.2) is 0 Å². The van der Waals surface area contributed by atoms with Crippen LogP contribution in [0.25, 0.3) is 22.3 Å². The Labute approximate surface area is 227 Å². The van der Waals surface area contributed by atoms with Crippen molar-refractivity contribution in [2.24, 2.45) is 0 Å². The van der Waals surface area contributed by atoms with Crippen LogP contribution in [0.2, 0.25) is 0 Å². The first-order chi connectivity index (χ1) is 19.0. The van der Waals surface area contributed by atoms with E-state index in [1.807, 2.05) is 18.2 Å². The number of hydrogen-bond donors (Lipinski definition) is 2. The Morgan fingerprint density at radius 1 is 1.18 bits per heavy atom. The smallest absolute Gasteiger partial charge is 0.255 e. The number of piperidine rings is 1. The maximum atomic E-state index is 13.3. The predicted octanol–water partition coefficient (Wildman–Crippen LogP) is 3.04. The number of hydrogen-bond acceptors (Lipinski definition) is 6. The quantitative estimate of drug-likeness (QED) is 0.413. The van der Waals surface area contributed by atoms with E-state index in [4.69, 9.17) is 4.98 Å². The first-order valence-corrected chi connectivity index (χ1v) is 14.0. The second-order valence-corrected chi connectivity index (χ2v) is 11.0. The van der Waals surface area contributed by atoms with Crippen LogP contribution in [0.15, 0.2) is 36.5 Å². The summed E-state index contributed by atoms with van der Waals surface area (Å²) in [5, 5.41) is 13.8. The van der Waals surface area contributed by atoms with Crippen molar-refractivity contribution in [1.29, 1.82) is 0 Å². The van der Waals surface area contributed by atoms with Gasteiger partial charge in [0.2, 0.25) is 5.91 Å². The van der Waals surface area contributed by atoms with Crippen molar-refractivity contribution in [2.45, 2.75) is 69.8 Å². The summed E-state index contributed by atoms with van der Waals surface area (Å²) >= 11 is 0. The molecule has 1 aromatic carbocycles. The third-order valence-electron chi connectivity index (χ3n) is 8.38. The third kappa shape index (κ3) is 4.96. The Morgan fingerprint density at radius 3 is 2.69 bits per heavy atom. The van der Waals surface area contributed by atoms with Gasteiger partial charge < -0.3 is 24.7 Å². The second-order valence-electron chi connectivity index (χ2n) is 11.0. The number of aldehydes is 1. The summed E-state index contributed by atoms with van der Waals surface area (Å²) in [7, 11) is 1.55. The molecule has 204 valence electrons. The second kappa shape index (κ2) is 10.5. The molecule has 9 nitrogen and oxygen atoms in total. The summed E-state index contributed by atoms with van der Waals surface area (Å²) in [6.45, 7) is 2.87. The van der Waals surface area contributed by atoms with Crippen LogP contribution in [-0.2, 0) is 22.7 Å². The summed E-state index contributed by atoms with van der Waals surface area (Å²) in [4.78, 5) is 45.9. The Bertz CT molecular complexity index is 1420. The normalized spacial score (nSPS) is 18.9. The number of rotatable bonds is 9. The minimum atomic E-state index is -0.686. The van der Waals surface area contributed by atoms with Gasteiger partial charge in [-0.3, -0.25) is 14.5 Å². The van der Waals surface area contributed by atoms with Gasteiger partial charge in [0.05, 0.1) is 11.8 Å². The van der Waals surface area contributed by atoms with E-state index in [9.17, 15) is 19.5 Å². The Kier molecular flexibility index (Phi) is 6.95. The molecule has 0 spiro atoms. The van der Waals surface area contributed by atoms with Crippen LogP contribution in [0, 0.1) is 0 Å². The van der Waals surface area contributed by atoms with Crippen molar-refractivity contribution in [1.82, 2.24) is 24.7 Å². The van der Waals surface area contributed by atoms with E-state index in [-0.39, 0.29) is 24.3 Å². The zero-order valence-electron chi connectivity index (χ0n) is 22.3. The fourth-order valence-electron chi connectivity index (χ4n) is 6.02. The molecule has 6 rings (SSSR count). The molecular formula is C30H35N5O4. The van der Waals surface area contributed by atoms with Crippen LogP contribution in [0.1, 0.15) is 66.1 Å². The molecule has 2 fully saturated rings. The lowest BCUT2D eigenvalue weighted by Crippen LogP contribution is -2.46. The van der Waals surface area contributed by atoms with Gasteiger partial charge in [-0.25, -0.2) is 4.98 Å². The number of fused-ring (bicyclic) bond motifs is 2. The minimum Gasteiger partial charge on any atom is -0.393 e. The number of carbonyl (C=O) groups is 3. The van der Waals surface area contributed by atoms with Gasteiger partial charge in [-0.1, -0.05) is 6.07 Å². The van der Waals surface area contributed by atoms with E-state index in [1.54, 1.807) is 11.9 Å². The monoisotopic (exact) mass is 529 g/mol. The summed E-state index contributed by atoms with van der Waals surface area (Å²) in [5.41, 5.74) is 5.48. The number of nitrogens with one attached hydrogen (secondary N) is 1. The molecule has 3 aromatic rings. The van der Waals surface area contributed by atoms with Gasteiger partial charge in [-0.15, -0.1) is 0 Å². The number of pyridine rings is 1. The van der Waals surface area contributed by atoms with E-state index < -0.39 is 6.04 Å². The zero-order chi connectivity index (χ0) is 27.1. The molecule has 1 unspecified atom stereocenters. The van der Waals surface area contributed by atoms with Gasteiger partial charge in [0, 0.05) is 68.4 Å². The lowest BCUT2D eigenvalue weighted by Gasteiger charge is -2.29. The summed E-state index contributed by atoms with van der Waals surface area (Å²) in [5.74, 6) is -0.448. The largest absolute Gasteiger partial charge is 0.393 e. The van der Waals surface area contributed by atoms with Crippen LogP contribution in [0.3, 0.4) is 0 Å². The number of carbonyl (C=O) groups excluding carboxylic acids is 3. The molecule has 4 heterocycles. The van der Waals surface area contributed by atoms with Gasteiger partial charge in [-0.2, -0.15) is 0 Å². The van der Waals surface area contributed by atoms with E-state index in [0.29, 0.717) is 24.6 Å². The highest BCUT2D eigenvalue weighted by Gasteiger charge is 2.36. The number of likely N-dealkylation sites (tertiary alicyclic amines) is 1. The molecule has 1 saturated heterocycles. The molecule has 39 heavy (non-hydrogen) atoms. The lowest BCUT2D eigenvalue weighted by molar-refractivity contribution is -0.125. The Hall–Kier alpha value is -3.56. The van der Waals surface area contributed by atoms with Crippen LogP contribution >= 0.6 is 0 Å². The number of aromatic nitrogens is 2. The molecule has 2 aromatic heterocycles. The number of aliphatic hydroxyl groups excluding tert-OH is 1. The van der Waals surface area contributed by atoms with Crippen LogP contribution in [0.4, 0.5) is 0 Å². The lowest BCUT2D eigenvalue weighted by atomic mass is 10.0. The SMILES string of the molecule is CNC(=O)C(CCC=O)N1Cc2cc(-c3cc(CN4CCC(O)CC4)c4ccn(C5CC5)c4n3)ccc2C1=O. The number of nitrogens with zero attached hydrogens (tertiary/aromatic N) is 4. The van der Waals surface area contributed by atoms with Gasteiger partial charge in [-0.05, 0) is 67.5 Å². The van der Waals surface area contributed by atoms with Gasteiger partial charge in [0.1, 0.15) is 18.0 Å². The third-order valence-corrected chi connectivity index (χ3v) is 8.38. The van der Waals surface area contributed by atoms with Crippen molar-refractivity contribution >= 4 is 29.1 Å². The number of benzene rings is 1. The maximum absolute atomic E-state index is 13.3. The first kappa shape index (κ1) is 25.7. The highest BCUT2D eigenvalue weighted by Crippen LogP contribution is 2.39. The standard InChI is InChI=1S/C30H35N5O4/c1-31-29(38)27(3-2-14-36)35-18-20-15-19(4-7-25(20)30(35)39)26-16-21(17-33-11-8-23(37)9-12-33)24-10-13-34(22-5-6-22)28(24)32-26/h4,7,10,13-16,22-23,27,37H,2-3,5-6,8-9,11-12,17-18H2,1H3,(H,31,38). The molecular weight excluding hydrogens is 494 g/mol. The number of aliphatic hydroxyl groups is 1. The van der Waals surface area contributed by atoms with Crippen molar-refractivity contribution in [3.8, 4) is 11.3 Å². The highest BCUT2D eigenvalue weighted by molar-refractivity contribution is 6.01. The van der Waals surface area contributed by atoms with Crippen LogP contribution in [-0.4, -0.2) is 74.8 Å². The summed E-state index contributed by atoms with van der Waals surface area (Å²) in [6, 6.07) is 9.96. The molecule has 3 aliphatic rings. The van der Waals surface area contributed by atoms with E-state index >= 15 is 0 Å². The van der Waals surface area contributed by atoms with Crippen LogP contribution in [0.5, 0.6) is 0 Å². The molecule has 2 amide bonds. The van der Waals surface area contributed by atoms with Gasteiger partial charge in [0.25, 0.3) is 5.91 Å². The predicted molar refractivity (Wildman–Crippen MR) is 147 cm³/mol. The Balaban J connectivity index is 1.34. The molecule has 0 radical (unpaired) electrons. The first-order valence-electron chi connectivity index (χ1n) is 14.0. The topological polar surface area (TPSA) is 108 Å². The maximum Gasteiger partial charge on any atom is 0.255 e. The average Bonchev–Trinajstić information content (AvgIpc) is 3.62. The molecule has 0 bridgehead atoms. The van der Waals surface area contributed by atoms with Crippen LogP contribution < -0.4 is 5.32 Å². The number of likely N-dealkylation sites (N-methyl/N-ethyl adjacent to an activating group) is 1. The molecule has 2 aliphatic heterocycles. The zero-order valence-corrected chi connectivity index (χ0v) is 22.3. The molecule has 1 saturated carbocycles. The summed E-state index contributed by atoms with van der Waals surface area (Å²) in [6.07, 6.45) is 7.17. The number of amides is 2. The molecule has 1 aliphatic carbocycles. The molecule has 2 N–H and O–H groups in total. The van der Waals surface area contributed by atoms with E-state index in [1.165, 1.54) is 23.8 Å². The van der Waals surface area contributed by atoms with Crippen molar-refractivity contribution < 1.29 is 19.5 Å². The van der Waals surface area contributed by atoms with Gasteiger partial charge >= 0.3 is 0 Å².